The molecule has 2 aliphatic heterocycles. The Hall–Kier alpha value is 0.650. The monoisotopic (exact) mass is 325 g/mol. The summed E-state index contributed by atoms with van der Waals surface area (Å²) in [6.07, 6.45) is 6.12. The molecule has 0 aromatic rings. The van der Waals surface area contributed by atoms with Crippen LogP contribution in [0.25, 0.3) is 0 Å². The van der Waals surface area contributed by atoms with Gasteiger partial charge in [0.1, 0.15) is 0 Å². The van der Waals surface area contributed by atoms with Gasteiger partial charge in [0.05, 0.1) is 31.3 Å². The van der Waals surface area contributed by atoms with E-state index in [0.29, 0.717) is 0 Å². The molecule has 2 unspecified atom stereocenters. The summed E-state index contributed by atoms with van der Waals surface area (Å²) in [5.74, 6) is 0. The number of aliphatic hydroxyl groups is 1. The molecule has 0 aliphatic carbocycles. The maximum atomic E-state index is 9.78. The summed E-state index contributed by atoms with van der Waals surface area (Å²) in [6.45, 7) is 7.23. The summed E-state index contributed by atoms with van der Waals surface area (Å²) in [5, 5.41) is 9.78. The fraction of sp³-hybridized carbons (Fsp3) is 1.00. The van der Waals surface area contributed by atoms with Crippen molar-refractivity contribution in [1.82, 2.24) is 0 Å². The van der Waals surface area contributed by atoms with Gasteiger partial charge >= 0.3 is 0 Å². The molecule has 2 bridgehead atoms. The smallest absolute Gasteiger partial charge is 0.0919 e. The van der Waals surface area contributed by atoms with E-state index in [1.54, 1.807) is 0 Å². The van der Waals surface area contributed by atoms with Crippen LogP contribution in [0, 0.1) is 0 Å². The highest BCUT2D eigenvalue weighted by Gasteiger charge is 2.52. The van der Waals surface area contributed by atoms with E-state index >= 15 is 0 Å². The van der Waals surface area contributed by atoms with Crippen LogP contribution in [-0.4, -0.2) is 40.9 Å². The largest absolute Gasteiger partial charge is 1.00 e. The molecule has 0 aromatic carbocycles. The Labute approximate surface area is 111 Å². The van der Waals surface area contributed by atoms with Crippen LogP contribution in [0.4, 0.5) is 0 Å². The quantitative estimate of drug-likeness (QED) is 0.517. The van der Waals surface area contributed by atoms with E-state index in [9.17, 15) is 5.11 Å². The lowest BCUT2D eigenvalue weighted by atomic mass is 9.95. The molecule has 0 amide bonds. The van der Waals surface area contributed by atoms with E-state index in [4.69, 9.17) is 0 Å². The molecule has 2 rings (SSSR count). The van der Waals surface area contributed by atoms with Gasteiger partial charge in [0, 0.05) is 25.7 Å². The zero-order valence-corrected chi connectivity index (χ0v) is 12.1. The molecule has 0 aromatic heterocycles. The van der Waals surface area contributed by atoms with Crippen LogP contribution >= 0.6 is 0 Å². The first-order valence-corrected chi connectivity index (χ1v) is 6.27. The number of hydrogen-bond donors (Lipinski definition) is 1. The van der Waals surface area contributed by atoms with E-state index in [1.807, 2.05) is 0 Å². The number of aliphatic hydroxyl groups excluding tert-OH is 1. The average Bonchev–Trinajstić information content (AvgIpc) is 2.36. The zero-order valence-electron chi connectivity index (χ0n) is 9.95. The van der Waals surface area contributed by atoms with Gasteiger partial charge in [-0.3, -0.25) is 0 Å². The Morgan fingerprint density at radius 3 is 2.07 bits per heavy atom. The lowest BCUT2D eigenvalue weighted by Crippen LogP contribution is -3.00. The summed E-state index contributed by atoms with van der Waals surface area (Å²) in [7, 11) is 0. The Morgan fingerprint density at radius 2 is 1.67 bits per heavy atom. The van der Waals surface area contributed by atoms with Crippen LogP contribution in [0.1, 0.15) is 46.0 Å². The van der Waals surface area contributed by atoms with Gasteiger partial charge in [0.25, 0.3) is 0 Å². The molecule has 2 saturated heterocycles. The minimum atomic E-state index is 0. The first-order valence-electron chi connectivity index (χ1n) is 6.27. The lowest BCUT2D eigenvalue weighted by molar-refractivity contribution is -0.965. The van der Waals surface area contributed by atoms with Gasteiger partial charge in [0.2, 0.25) is 0 Å². The van der Waals surface area contributed by atoms with Crippen LogP contribution in [-0.2, 0) is 0 Å². The molecule has 15 heavy (non-hydrogen) atoms. The number of fused-ring (bicyclic) bond motifs is 2. The molecule has 1 N–H and O–H groups in total. The minimum Gasteiger partial charge on any atom is -1.00 e. The van der Waals surface area contributed by atoms with Crippen molar-refractivity contribution in [3.05, 3.63) is 0 Å². The third kappa shape index (κ3) is 2.20. The number of hydrogen-bond acceptors (Lipinski definition) is 1. The Morgan fingerprint density at radius 1 is 1.13 bits per heavy atom. The van der Waals surface area contributed by atoms with Gasteiger partial charge in [-0.2, -0.15) is 0 Å². The van der Waals surface area contributed by atoms with E-state index in [1.165, 1.54) is 36.8 Å². The highest BCUT2D eigenvalue weighted by atomic mass is 127. The summed E-state index contributed by atoms with van der Waals surface area (Å²) >= 11 is 0. The fourth-order valence-corrected chi connectivity index (χ4v) is 4.03. The molecule has 90 valence electrons. The van der Waals surface area contributed by atoms with Crippen molar-refractivity contribution < 1.29 is 33.6 Å². The fourth-order valence-electron chi connectivity index (χ4n) is 4.03. The number of quaternary nitrogens is 1. The van der Waals surface area contributed by atoms with Gasteiger partial charge in [-0.15, -0.1) is 0 Å². The van der Waals surface area contributed by atoms with Crippen LogP contribution in [0.5, 0.6) is 0 Å². The van der Waals surface area contributed by atoms with E-state index in [-0.39, 0.29) is 30.1 Å². The van der Waals surface area contributed by atoms with Crippen molar-refractivity contribution in [1.29, 1.82) is 0 Å². The molecule has 2 aliphatic rings. The minimum absolute atomic E-state index is 0. The summed E-state index contributed by atoms with van der Waals surface area (Å²) in [6, 6.07) is 1.54. The lowest BCUT2D eigenvalue weighted by Gasteiger charge is -2.48. The Kier molecular flexibility index (Phi) is 4.86. The summed E-state index contributed by atoms with van der Waals surface area (Å²) in [5.41, 5.74) is 0. The number of halogens is 1. The van der Waals surface area contributed by atoms with Gasteiger partial charge in [-0.05, 0) is 13.3 Å². The number of nitrogens with zero attached hydrogens (tertiary/aromatic N) is 1. The van der Waals surface area contributed by atoms with E-state index in [2.05, 4.69) is 13.8 Å². The van der Waals surface area contributed by atoms with Crippen molar-refractivity contribution in [2.75, 3.05) is 13.1 Å². The second-order valence-electron chi connectivity index (χ2n) is 5.15. The molecule has 0 spiro atoms. The van der Waals surface area contributed by atoms with Crippen molar-refractivity contribution in [3.8, 4) is 0 Å². The van der Waals surface area contributed by atoms with Crippen molar-refractivity contribution in [2.45, 2.75) is 64.1 Å². The highest BCUT2D eigenvalue weighted by Crippen LogP contribution is 2.42. The van der Waals surface area contributed by atoms with Gasteiger partial charge < -0.3 is 33.6 Å². The van der Waals surface area contributed by atoms with Crippen molar-refractivity contribution in [3.63, 3.8) is 0 Å². The normalized spacial score (nSPS) is 43.8. The van der Waals surface area contributed by atoms with Crippen LogP contribution in [0.3, 0.4) is 0 Å². The third-order valence-electron chi connectivity index (χ3n) is 4.60. The van der Waals surface area contributed by atoms with Crippen LogP contribution < -0.4 is 24.0 Å². The van der Waals surface area contributed by atoms with Gasteiger partial charge in [0.15, 0.2) is 0 Å². The Bertz CT molecular complexity index is 196. The predicted molar refractivity (Wildman–Crippen MR) is 58.0 cm³/mol. The van der Waals surface area contributed by atoms with Crippen LogP contribution in [0.2, 0.25) is 0 Å². The summed E-state index contributed by atoms with van der Waals surface area (Å²) < 4.78 is 1.33. The van der Waals surface area contributed by atoms with Crippen molar-refractivity contribution >= 4 is 0 Å². The highest BCUT2D eigenvalue weighted by molar-refractivity contribution is 4.86. The maximum Gasteiger partial charge on any atom is 0.0919 e. The first-order chi connectivity index (χ1) is 6.73. The molecule has 0 radical (unpaired) electrons. The number of piperidine rings is 1. The molecule has 0 saturated carbocycles. The molecular weight excluding hydrogens is 301 g/mol. The molecule has 3 heteroatoms. The third-order valence-corrected chi connectivity index (χ3v) is 4.60. The summed E-state index contributed by atoms with van der Waals surface area (Å²) in [4.78, 5) is 0. The molecule has 2 heterocycles. The zero-order chi connectivity index (χ0) is 10.2. The standard InChI is InChI=1S/C12H24NO.HI/c1-3-7-13(4-2)10-5-6-11(13)9-12(14)8-10;/h10-12,14H,3-9H2,1-2H3;1H/q+1;/p-1. The predicted octanol–water partition coefficient (Wildman–Crippen LogP) is -1.08. The SMILES string of the molecule is CCC[N+]1(CC)C2CCC1CC(O)C2.[I-]. The second-order valence-corrected chi connectivity index (χ2v) is 5.15. The maximum absolute atomic E-state index is 9.78. The topological polar surface area (TPSA) is 20.2 Å². The molecule has 2 nitrogen and oxygen atoms in total. The number of rotatable bonds is 3. The van der Waals surface area contributed by atoms with Gasteiger partial charge in [-0.1, -0.05) is 6.92 Å². The molecule has 2 fully saturated rings. The molecule has 2 atom stereocenters. The average molecular weight is 325 g/mol. The first kappa shape index (κ1) is 13.7. The molecular formula is C12H24INO. The Balaban J connectivity index is 0.00000112. The second kappa shape index (κ2) is 5.32. The van der Waals surface area contributed by atoms with Crippen LogP contribution in [0.15, 0.2) is 0 Å². The van der Waals surface area contributed by atoms with Gasteiger partial charge in [-0.25, -0.2) is 0 Å². The van der Waals surface area contributed by atoms with E-state index < -0.39 is 0 Å². The van der Waals surface area contributed by atoms with E-state index in [0.717, 1.165) is 24.9 Å². The van der Waals surface area contributed by atoms with Crippen molar-refractivity contribution in [2.24, 2.45) is 0 Å².